The highest BCUT2D eigenvalue weighted by Gasteiger charge is 2.44. The Labute approximate surface area is 216 Å². The first kappa shape index (κ1) is 26.7. The number of cyclic esters (lactones) is 1. The maximum absolute atomic E-state index is 13.5. The zero-order chi connectivity index (χ0) is 26.6. The number of nitrogens with one attached hydrogen (secondary N) is 1. The van der Waals surface area contributed by atoms with Crippen molar-refractivity contribution < 1.29 is 33.7 Å². The number of fused-ring (bicyclic) bond motifs is 3. The second-order valence-electron chi connectivity index (χ2n) is 10.8. The number of ether oxygens (including phenoxy) is 3. The Bertz CT molecular complexity index is 1150. The number of alkyl carbamates (subject to hydrolysis) is 1. The molecule has 4 rings (SSSR count). The molecule has 2 aliphatic rings. The van der Waals surface area contributed by atoms with Crippen LogP contribution in [0, 0.1) is 5.41 Å². The number of hydrogen-bond acceptors (Lipinski definition) is 7. The number of aromatic nitrogens is 1. The molecule has 0 saturated carbocycles. The summed E-state index contributed by atoms with van der Waals surface area (Å²) in [6.45, 7) is 6.17. The summed E-state index contributed by atoms with van der Waals surface area (Å²) in [6, 6.07) is 6.91. The van der Waals surface area contributed by atoms with Gasteiger partial charge in [-0.05, 0) is 54.2 Å². The number of benzene rings is 1. The molecule has 37 heavy (non-hydrogen) atoms. The molecule has 0 spiro atoms. The van der Waals surface area contributed by atoms with E-state index < -0.39 is 36.3 Å². The average Bonchev–Trinajstić information content (AvgIpc) is 3.27. The van der Waals surface area contributed by atoms with Crippen molar-refractivity contribution in [2.75, 3.05) is 19.8 Å². The fourth-order valence-corrected chi connectivity index (χ4v) is 4.54. The lowest BCUT2D eigenvalue weighted by molar-refractivity contribution is -0.156. The van der Waals surface area contributed by atoms with Crippen LogP contribution in [0.2, 0.25) is 0 Å². The van der Waals surface area contributed by atoms with Crippen LogP contribution in [-0.2, 0) is 25.5 Å². The van der Waals surface area contributed by atoms with Crippen molar-refractivity contribution in [2.45, 2.75) is 71.2 Å². The van der Waals surface area contributed by atoms with Crippen molar-refractivity contribution in [3.05, 3.63) is 36.0 Å². The van der Waals surface area contributed by atoms with Gasteiger partial charge in [0.25, 0.3) is 5.91 Å². The number of aryl methyl sites for hydroxylation is 1. The molecule has 2 aliphatic heterocycles. The van der Waals surface area contributed by atoms with Gasteiger partial charge < -0.3 is 24.2 Å². The number of amides is 2. The number of carboxylic acids is 1. The average molecular weight is 514 g/mol. The van der Waals surface area contributed by atoms with Crippen LogP contribution in [0.25, 0.3) is 10.8 Å². The molecule has 1 saturated heterocycles. The predicted octanol–water partition coefficient (Wildman–Crippen LogP) is 3.51. The van der Waals surface area contributed by atoms with Crippen molar-refractivity contribution in [3.8, 4) is 5.88 Å². The van der Waals surface area contributed by atoms with Crippen LogP contribution in [0.4, 0.5) is 4.79 Å². The van der Waals surface area contributed by atoms with Crippen LogP contribution in [0.5, 0.6) is 5.88 Å². The molecule has 1 aromatic carbocycles. The first-order valence-corrected chi connectivity index (χ1v) is 12.7. The highest BCUT2D eigenvalue weighted by Crippen LogP contribution is 2.29. The molecule has 1 fully saturated rings. The molecule has 0 radical (unpaired) electrons. The van der Waals surface area contributed by atoms with E-state index in [2.05, 4.69) is 16.4 Å². The number of nitrogens with zero attached hydrogens (tertiary/aromatic N) is 2. The van der Waals surface area contributed by atoms with Gasteiger partial charge in [0.15, 0.2) is 0 Å². The molecule has 0 aliphatic carbocycles. The number of rotatable bonds is 3. The second kappa shape index (κ2) is 11.3. The van der Waals surface area contributed by atoms with Crippen LogP contribution in [0.3, 0.4) is 0 Å². The number of carboxylic acid groups (broad SMARTS) is 1. The molecular weight excluding hydrogens is 478 g/mol. The van der Waals surface area contributed by atoms with Gasteiger partial charge >= 0.3 is 12.1 Å². The summed E-state index contributed by atoms with van der Waals surface area (Å²) in [7, 11) is 0. The summed E-state index contributed by atoms with van der Waals surface area (Å²) < 4.78 is 17.3. The zero-order valence-corrected chi connectivity index (χ0v) is 21.6. The Morgan fingerprint density at radius 1 is 1.22 bits per heavy atom. The van der Waals surface area contributed by atoms with E-state index in [4.69, 9.17) is 14.2 Å². The predicted molar refractivity (Wildman–Crippen MR) is 135 cm³/mol. The van der Waals surface area contributed by atoms with E-state index >= 15 is 0 Å². The van der Waals surface area contributed by atoms with E-state index in [-0.39, 0.29) is 31.6 Å². The van der Waals surface area contributed by atoms with Crippen LogP contribution in [0.1, 0.15) is 52.0 Å². The Morgan fingerprint density at radius 2 is 2.03 bits per heavy atom. The number of hydrogen-bond donors (Lipinski definition) is 2. The smallest absolute Gasteiger partial charge is 0.409 e. The van der Waals surface area contributed by atoms with E-state index in [9.17, 15) is 19.5 Å². The highest BCUT2D eigenvalue weighted by molar-refractivity contribution is 5.89. The standard InChI is InChI=1S/C27H35N3O7/c1-27(2,3)16-36-23-24(31)30-15-19(14-21(30)25(32)33)37-22-20-13-17(8-9-18(20)10-11-28-22)7-5-4-6-12-35-26(34)29-23/h8-11,13,19,21,23H,4-7,12,14-16H2,1-3H3,(H,29,34)(H,32,33)/t19-,21-,23-/m0/s1. The largest absolute Gasteiger partial charge is 0.480 e. The molecule has 3 heterocycles. The van der Waals surface area contributed by atoms with Crippen LogP contribution >= 0.6 is 0 Å². The minimum atomic E-state index is -1.38. The summed E-state index contributed by atoms with van der Waals surface area (Å²) >= 11 is 0. The van der Waals surface area contributed by atoms with Gasteiger partial charge in [-0.2, -0.15) is 0 Å². The Kier molecular flexibility index (Phi) is 8.16. The van der Waals surface area contributed by atoms with Crippen molar-refractivity contribution in [1.82, 2.24) is 15.2 Å². The number of carbonyl (C=O) groups is 3. The topological polar surface area (TPSA) is 127 Å². The lowest BCUT2D eigenvalue weighted by Gasteiger charge is -2.29. The number of pyridine rings is 1. The van der Waals surface area contributed by atoms with Gasteiger partial charge in [0.05, 0.1) is 19.8 Å². The monoisotopic (exact) mass is 513 g/mol. The minimum Gasteiger partial charge on any atom is -0.480 e. The van der Waals surface area contributed by atoms with Crippen LogP contribution < -0.4 is 10.1 Å². The van der Waals surface area contributed by atoms with E-state index in [1.54, 1.807) is 6.20 Å². The van der Waals surface area contributed by atoms with Crippen molar-refractivity contribution in [3.63, 3.8) is 0 Å². The van der Waals surface area contributed by atoms with Gasteiger partial charge in [0.2, 0.25) is 12.1 Å². The third-order valence-corrected chi connectivity index (χ3v) is 6.40. The summed E-state index contributed by atoms with van der Waals surface area (Å²) in [5.41, 5.74) is 0.843. The van der Waals surface area contributed by atoms with E-state index in [1.807, 2.05) is 39.0 Å². The van der Waals surface area contributed by atoms with E-state index in [0.29, 0.717) is 12.3 Å². The Hall–Kier alpha value is -3.40. The molecule has 4 bridgehead atoms. The Balaban J connectivity index is 1.64. The van der Waals surface area contributed by atoms with Gasteiger partial charge in [0.1, 0.15) is 12.1 Å². The third-order valence-electron chi connectivity index (χ3n) is 6.40. The summed E-state index contributed by atoms with van der Waals surface area (Å²) in [4.78, 5) is 43.7. The number of aliphatic carboxylic acids is 1. The van der Waals surface area contributed by atoms with Gasteiger partial charge in [-0.1, -0.05) is 32.9 Å². The molecule has 200 valence electrons. The van der Waals surface area contributed by atoms with Crippen molar-refractivity contribution in [1.29, 1.82) is 0 Å². The van der Waals surface area contributed by atoms with Crippen LogP contribution in [-0.4, -0.2) is 71.1 Å². The SMILES string of the molecule is CC(C)(C)CO[C@@H]1NC(=O)OCCCCCc2ccc3ccnc(c3c2)O[C@H]2C[C@@H](C(=O)O)N(C2)C1=O. The van der Waals surface area contributed by atoms with Crippen molar-refractivity contribution in [2.24, 2.45) is 5.41 Å². The normalized spacial score (nSPS) is 23.6. The van der Waals surface area contributed by atoms with Gasteiger partial charge in [-0.25, -0.2) is 14.6 Å². The lowest BCUT2D eigenvalue weighted by atomic mass is 9.99. The quantitative estimate of drug-likeness (QED) is 0.638. The molecule has 10 nitrogen and oxygen atoms in total. The van der Waals surface area contributed by atoms with Crippen molar-refractivity contribution >= 4 is 28.7 Å². The molecule has 2 amide bonds. The highest BCUT2D eigenvalue weighted by atomic mass is 16.6. The molecule has 2 aromatic rings. The zero-order valence-electron chi connectivity index (χ0n) is 21.6. The third kappa shape index (κ3) is 6.88. The van der Waals surface area contributed by atoms with E-state index in [0.717, 1.165) is 35.6 Å². The molecule has 0 unspecified atom stereocenters. The summed E-state index contributed by atoms with van der Waals surface area (Å²) in [6.07, 6.45) is 2.28. The second-order valence-corrected chi connectivity index (χ2v) is 10.8. The fourth-order valence-electron chi connectivity index (χ4n) is 4.54. The maximum Gasteiger partial charge on any atom is 0.409 e. The Morgan fingerprint density at radius 3 is 2.78 bits per heavy atom. The first-order valence-electron chi connectivity index (χ1n) is 12.7. The molecule has 1 aromatic heterocycles. The lowest BCUT2D eigenvalue weighted by Crippen LogP contribution is -2.53. The van der Waals surface area contributed by atoms with Crippen LogP contribution in [0.15, 0.2) is 30.5 Å². The summed E-state index contributed by atoms with van der Waals surface area (Å²) in [5.74, 6) is -1.41. The van der Waals surface area contributed by atoms with E-state index in [1.165, 1.54) is 4.90 Å². The first-order chi connectivity index (χ1) is 17.6. The molecular formula is C27H35N3O7. The summed E-state index contributed by atoms with van der Waals surface area (Å²) in [5, 5.41) is 14.2. The minimum absolute atomic E-state index is 0.0136. The molecule has 2 N–H and O–H groups in total. The fraction of sp³-hybridized carbons (Fsp3) is 0.556. The maximum atomic E-state index is 13.5. The van der Waals surface area contributed by atoms with Gasteiger partial charge in [0, 0.05) is 18.0 Å². The molecule has 3 atom stereocenters. The van der Waals surface area contributed by atoms with Gasteiger partial charge in [-0.3, -0.25) is 10.1 Å². The van der Waals surface area contributed by atoms with Gasteiger partial charge in [-0.15, -0.1) is 0 Å². The number of carbonyl (C=O) groups excluding carboxylic acids is 2. The molecule has 10 heteroatoms.